The summed E-state index contributed by atoms with van der Waals surface area (Å²) in [7, 11) is 0. The molecule has 3 rings (SSSR count). The van der Waals surface area contributed by atoms with Crippen molar-refractivity contribution in [1.82, 2.24) is 4.90 Å². The molecule has 0 radical (unpaired) electrons. The number of carbonyl (C=O) groups excluding carboxylic acids is 2. The Hall–Kier alpha value is -3.02. The summed E-state index contributed by atoms with van der Waals surface area (Å²) in [6.45, 7) is 0.932. The van der Waals surface area contributed by atoms with E-state index in [9.17, 15) is 18.4 Å². The summed E-state index contributed by atoms with van der Waals surface area (Å²) >= 11 is 0. The summed E-state index contributed by atoms with van der Waals surface area (Å²) in [4.78, 5) is 26.3. The van der Waals surface area contributed by atoms with Gasteiger partial charge in [-0.15, -0.1) is 0 Å². The molecular formula is C21H20F2N2O2. The van der Waals surface area contributed by atoms with Gasteiger partial charge in [0, 0.05) is 36.8 Å². The molecule has 27 heavy (non-hydrogen) atoms. The van der Waals surface area contributed by atoms with Crippen LogP contribution in [0.3, 0.4) is 0 Å². The molecule has 1 saturated heterocycles. The molecule has 0 unspecified atom stereocenters. The number of amides is 2. The van der Waals surface area contributed by atoms with E-state index in [0.717, 1.165) is 23.8 Å². The SMILES string of the molecule is O=C(Nc1cc(F)cc(F)c1)C1CCN(C(=O)C=Cc2ccccc2)CC1. The zero-order chi connectivity index (χ0) is 19.2. The lowest BCUT2D eigenvalue weighted by Gasteiger charge is -2.30. The summed E-state index contributed by atoms with van der Waals surface area (Å²) in [6, 6.07) is 12.4. The minimum absolute atomic E-state index is 0.0927. The summed E-state index contributed by atoms with van der Waals surface area (Å²) in [5.41, 5.74) is 1.05. The van der Waals surface area contributed by atoms with Gasteiger partial charge in [-0.05, 0) is 36.6 Å². The Morgan fingerprint density at radius 2 is 1.63 bits per heavy atom. The highest BCUT2D eigenvalue weighted by Gasteiger charge is 2.26. The van der Waals surface area contributed by atoms with E-state index in [1.54, 1.807) is 11.0 Å². The van der Waals surface area contributed by atoms with E-state index < -0.39 is 11.6 Å². The number of carbonyl (C=O) groups is 2. The molecule has 1 aliphatic rings. The topological polar surface area (TPSA) is 49.4 Å². The van der Waals surface area contributed by atoms with Gasteiger partial charge in [-0.2, -0.15) is 0 Å². The fourth-order valence-corrected chi connectivity index (χ4v) is 3.07. The smallest absolute Gasteiger partial charge is 0.246 e. The molecule has 1 heterocycles. The van der Waals surface area contributed by atoms with Gasteiger partial charge in [0.25, 0.3) is 0 Å². The Bertz CT molecular complexity index is 824. The first-order chi connectivity index (χ1) is 13.0. The number of hydrogen-bond donors (Lipinski definition) is 1. The second-order valence-corrected chi connectivity index (χ2v) is 6.49. The zero-order valence-corrected chi connectivity index (χ0v) is 14.7. The van der Waals surface area contributed by atoms with E-state index >= 15 is 0 Å². The molecule has 0 bridgehead atoms. The maximum Gasteiger partial charge on any atom is 0.246 e. The molecule has 1 N–H and O–H groups in total. The average Bonchev–Trinajstić information content (AvgIpc) is 2.66. The fraction of sp³-hybridized carbons (Fsp3) is 0.238. The second kappa shape index (κ2) is 8.58. The van der Waals surface area contributed by atoms with E-state index in [1.165, 1.54) is 6.08 Å². The van der Waals surface area contributed by atoms with E-state index in [1.807, 2.05) is 30.3 Å². The Labute approximate surface area is 156 Å². The predicted octanol–water partition coefficient (Wildman–Crippen LogP) is 3.86. The number of benzene rings is 2. The molecule has 1 aliphatic heterocycles. The van der Waals surface area contributed by atoms with Gasteiger partial charge in [0.2, 0.25) is 11.8 Å². The Balaban J connectivity index is 1.51. The maximum absolute atomic E-state index is 13.2. The largest absolute Gasteiger partial charge is 0.339 e. The molecule has 4 nitrogen and oxygen atoms in total. The quantitative estimate of drug-likeness (QED) is 0.831. The van der Waals surface area contributed by atoms with Crippen LogP contribution < -0.4 is 5.32 Å². The van der Waals surface area contributed by atoms with Crippen molar-refractivity contribution in [2.45, 2.75) is 12.8 Å². The summed E-state index contributed by atoms with van der Waals surface area (Å²) in [6.07, 6.45) is 4.31. The van der Waals surface area contributed by atoms with Crippen molar-refractivity contribution in [2.75, 3.05) is 18.4 Å². The van der Waals surface area contributed by atoms with Gasteiger partial charge >= 0.3 is 0 Å². The van der Waals surface area contributed by atoms with Crippen LogP contribution in [0.5, 0.6) is 0 Å². The van der Waals surface area contributed by atoms with Crippen LogP contribution in [0.1, 0.15) is 18.4 Å². The number of nitrogens with one attached hydrogen (secondary N) is 1. The predicted molar refractivity (Wildman–Crippen MR) is 99.8 cm³/mol. The van der Waals surface area contributed by atoms with Crippen molar-refractivity contribution < 1.29 is 18.4 Å². The molecule has 140 valence electrons. The normalized spacial score (nSPS) is 15.1. The van der Waals surface area contributed by atoms with Gasteiger partial charge < -0.3 is 10.2 Å². The van der Waals surface area contributed by atoms with Crippen molar-refractivity contribution in [3.63, 3.8) is 0 Å². The fourth-order valence-electron chi connectivity index (χ4n) is 3.07. The van der Waals surface area contributed by atoms with Crippen molar-refractivity contribution >= 4 is 23.6 Å². The number of anilines is 1. The standard InChI is InChI=1S/C21H20F2N2O2/c22-17-12-18(23)14-19(13-17)24-21(27)16-8-10-25(11-9-16)20(26)7-6-15-4-2-1-3-5-15/h1-7,12-14,16H,8-11H2,(H,24,27). The van der Waals surface area contributed by atoms with E-state index in [4.69, 9.17) is 0 Å². The molecular weight excluding hydrogens is 350 g/mol. The van der Waals surface area contributed by atoms with Crippen molar-refractivity contribution in [3.05, 3.63) is 71.8 Å². The highest BCUT2D eigenvalue weighted by Crippen LogP contribution is 2.21. The number of nitrogens with zero attached hydrogens (tertiary/aromatic N) is 1. The van der Waals surface area contributed by atoms with Gasteiger partial charge in [-0.3, -0.25) is 9.59 Å². The van der Waals surface area contributed by atoms with Gasteiger partial charge in [0.15, 0.2) is 0 Å². The molecule has 0 aliphatic carbocycles. The Kier molecular flexibility index (Phi) is 5.96. The molecule has 2 aromatic rings. The number of likely N-dealkylation sites (tertiary alicyclic amines) is 1. The van der Waals surface area contributed by atoms with Crippen LogP contribution in [0, 0.1) is 17.6 Å². The summed E-state index contributed by atoms with van der Waals surface area (Å²) in [5, 5.41) is 2.55. The third kappa shape index (κ3) is 5.23. The first-order valence-electron chi connectivity index (χ1n) is 8.80. The third-order valence-electron chi connectivity index (χ3n) is 4.53. The van der Waals surface area contributed by atoms with Gasteiger partial charge in [0.05, 0.1) is 0 Å². The molecule has 0 aromatic heterocycles. The lowest BCUT2D eigenvalue weighted by atomic mass is 9.95. The van der Waals surface area contributed by atoms with Gasteiger partial charge in [-0.1, -0.05) is 30.3 Å². The molecule has 0 saturated carbocycles. The lowest BCUT2D eigenvalue weighted by Crippen LogP contribution is -2.40. The maximum atomic E-state index is 13.2. The van der Waals surface area contributed by atoms with Crippen molar-refractivity contribution in [1.29, 1.82) is 0 Å². The molecule has 1 fully saturated rings. The molecule has 0 atom stereocenters. The second-order valence-electron chi connectivity index (χ2n) is 6.49. The Morgan fingerprint density at radius 3 is 2.26 bits per heavy atom. The van der Waals surface area contributed by atoms with Crippen LogP contribution in [0.4, 0.5) is 14.5 Å². The number of hydrogen-bond acceptors (Lipinski definition) is 2. The average molecular weight is 370 g/mol. The van der Waals surface area contributed by atoms with Gasteiger partial charge in [0.1, 0.15) is 11.6 Å². The van der Waals surface area contributed by atoms with E-state index in [-0.39, 0.29) is 23.4 Å². The number of halogens is 2. The molecule has 0 spiro atoms. The van der Waals surface area contributed by atoms with Crippen molar-refractivity contribution in [2.24, 2.45) is 5.92 Å². The highest BCUT2D eigenvalue weighted by molar-refractivity contribution is 5.94. The first kappa shape index (κ1) is 18.8. The first-order valence-corrected chi connectivity index (χ1v) is 8.80. The zero-order valence-electron chi connectivity index (χ0n) is 14.7. The van der Waals surface area contributed by atoms with E-state index in [2.05, 4.69) is 5.32 Å². The molecule has 6 heteroatoms. The van der Waals surface area contributed by atoms with E-state index in [0.29, 0.717) is 25.9 Å². The van der Waals surface area contributed by atoms with Crippen LogP contribution >= 0.6 is 0 Å². The molecule has 2 aromatic carbocycles. The minimum Gasteiger partial charge on any atom is -0.339 e. The highest BCUT2D eigenvalue weighted by atomic mass is 19.1. The summed E-state index contributed by atoms with van der Waals surface area (Å²) in [5.74, 6) is -2.15. The van der Waals surface area contributed by atoms with Crippen LogP contribution in [0.15, 0.2) is 54.6 Å². The monoisotopic (exact) mass is 370 g/mol. The van der Waals surface area contributed by atoms with Crippen LogP contribution in [-0.4, -0.2) is 29.8 Å². The Morgan fingerprint density at radius 1 is 1.00 bits per heavy atom. The molecule has 2 amide bonds. The van der Waals surface area contributed by atoms with Crippen LogP contribution in [-0.2, 0) is 9.59 Å². The van der Waals surface area contributed by atoms with Crippen molar-refractivity contribution in [3.8, 4) is 0 Å². The summed E-state index contributed by atoms with van der Waals surface area (Å²) < 4.78 is 26.4. The lowest BCUT2D eigenvalue weighted by molar-refractivity contribution is -0.130. The van der Waals surface area contributed by atoms with Crippen LogP contribution in [0.2, 0.25) is 0 Å². The van der Waals surface area contributed by atoms with Gasteiger partial charge in [-0.25, -0.2) is 8.78 Å². The number of rotatable bonds is 4. The minimum atomic E-state index is -0.740. The van der Waals surface area contributed by atoms with Crippen LogP contribution in [0.25, 0.3) is 6.08 Å². The number of piperidine rings is 1. The third-order valence-corrected chi connectivity index (χ3v) is 4.53.